The first-order valence-electron chi connectivity index (χ1n) is 8.34. The molecule has 1 unspecified atom stereocenters. The Balaban J connectivity index is 2.76. The van der Waals surface area contributed by atoms with Gasteiger partial charge < -0.3 is 15.0 Å². The van der Waals surface area contributed by atoms with Gasteiger partial charge in [0.05, 0.1) is 5.60 Å². The van der Waals surface area contributed by atoms with Gasteiger partial charge in [-0.3, -0.25) is 0 Å². The van der Waals surface area contributed by atoms with Gasteiger partial charge in [-0.2, -0.15) is 0 Å². The predicted octanol–water partition coefficient (Wildman–Crippen LogP) is 3.43. The van der Waals surface area contributed by atoms with Crippen LogP contribution in [0.15, 0.2) is 0 Å². The van der Waals surface area contributed by atoms with Gasteiger partial charge in [-0.15, -0.1) is 0 Å². The fourth-order valence-corrected chi connectivity index (χ4v) is 3.57. The Labute approximate surface area is 126 Å². The van der Waals surface area contributed by atoms with Crippen molar-refractivity contribution in [3.63, 3.8) is 0 Å². The summed E-state index contributed by atoms with van der Waals surface area (Å²) in [5.74, 6) is 0. The van der Waals surface area contributed by atoms with Crippen LogP contribution < -0.4 is 5.32 Å². The van der Waals surface area contributed by atoms with E-state index in [1.165, 1.54) is 38.5 Å². The molecule has 0 heterocycles. The fraction of sp³-hybridized carbons (Fsp3) is 1.00. The molecule has 0 radical (unpaired) electrons. The van der Waals surface area contributed by atoms with Gasteiger partial charge in [-0.25, -0.2) is 0 Å². The fourth-order valence-electron chi connectivity index (χ4n) is 3.57. The smallest absolute Gasteiger partial charge is 0.0623 e. The van der Waals surface area contributed by atoms with Crippen LogP contribution in [0.3, 0.4) is 0 Å². The van der Waals surface area contributed by atoms with Crippen molar-refractivity contribution in [3.8, 4) is 0 Å². The van der Waals surface area contributed by atoms with E-state index in [4.69, 9.17) is 4.74 Å². The lowest BCUT2D eigenvalue weighted by atomic mass is 9.82. The van der Waals surface area contributed by atoms with E-state index in [0.29, 0.717) is 11.6 Å². The predicted molar refractivity (Wildman–Crippen MR) is 87.3 cm³/mol. The van der Waals surface area contributed by atoms with Crippen molar-refractivity contribution >= 4 is 0 Å². The SMILES string of the molecule is CCCNC(CCC(C)(C)OC)C1(N(C)C)CCCC1. The molecule has 1 atom stereocenters. The van der Waals surface area contributed by atoms with Crippen LogP contribution >= 0.6 is 0 Å². The summed E-state index contributed by atoms with van der Waals surface area (Å²) in [4.78, 5) is 2.48. The molecule has 0 bridgehead atoms. The summed E-state index contributed by atoms with van der Waals surface area (Å²) in [7, 11) is 6.34. The topological polar surface area (TPSA) is 24.5 Å². The van der Waals surface area contributed by atoms with Crippen LogP contribution in [0.5, 0.6) is 0 Å². The molecule has 120 valence electrons. The number of methoxy groups -OCH3 is 1. The Morgan fingerprint density at radius 1 is 1.25 bits per heavy atom. The molecule has 0 aromatic heterocycles. The van der Waals surface area contributed by atoms with Crippen LogP contribution in [0.4, 0.5) is 0 Å². The first-order valence-corrected chi connectivity index (χ1v) is 8.34. The Bertz CT molecular complexity index is 270. The Morgan fingerprint density at radius 2 is 1.85 bits per heavy atom. The maximum absolute atomic E-state index is 5.61. The van der Waals surface area contributed by atoms with E-state index in [2.05, 4.69) is 45.1 Å². The minimum absolute atomic E-state index is 0.0156. The van der Waals surface area contributed by atoms with Crippen LogP contribution in [0.2, 0.25) is 0 Å². The van der Waals surface area contributed by atoms with Gasteiger partial charge in [0.1, 0.15) is 0 Å². The van der Waals surface area contributed by atoms with Crippen molar-refractivity contribution < 1.29 is 4.74 Å². The van der Waals surface area contributed by atoms with E-state index >= 15 is 0 Å². The molecule has 0 saturated heterocycles. The van der Waals surface area contributed by atoms with E-state index in [9.17, 15) is 0 Å². The van der Waals surface area contributed by atoms with Gasteiger partial charge in [0.2, 0.25) is 0 Å². The molecular formula is C17H36N2O. The standard InChI is InChI=1S/C17H36N2O/c1-7-14-18-15(10-13-16(2,3)20-6)17(19(4)5)11-8-9-12-17/h15,18H,7-14H2,1-6H3. The maximum atomic E-state index is 5.61. The minimum Gasteiger partial charge on any atom is -0.379 e. The number of nitrogens with zero attached hydrogens (tertiary/aromatic N) is 1. The molecule has 1 aliphatic carbocycles. The van der Waals surface area contributed by atoms with Crippen molar-refractivity contribution in [1.82, 2.24) is 10.2 Å². The molecule has 20 heavy (non-hydrogen) atoms. The van der Waals surface area contributed by atoms with E-state index in [0.717, 1.165) is 13.0 Å². The molecule has 0 aromatic rings. The summed E-state index contributed by atoms with van der Waals surface area (Å²) in [6.45, 7) is 7.76. The molecule has 0 aliphatic heterocycles. The maximum Gasteiger partial charge on any atom is 0.0623 e. The summed E-state index contributed by atoms with van der Waals surface area (Å²) in [5.41, 5.74) is 0.331. The van der Waals surface area contributed by atoms with Crippen LogP contribution in [0, 0.1) is 0 Å². The van der Waals surface area contributed by atoms with Gasteiger partial charge >= 0.3 is 0 Å². The quantitative estimate of drug-likeness (QED) is 0.702. The van der Waals surface area contributed by atoms with E-state index in [1.807, 2.05) is 7.11 Å². The highest BCUT2D eigenvalue weighted by atomic mass is 16.5. The van der Waals surface area contributed by atoms with E-state index in [1.54, 1.807) is 0 Å². The highest BCUT2D eigenvalue weighted by Crippen LogP contribution is 2.39. The average Bonchev–Trinajstić information content (AvgIpc) is 2.89. The molecule has 1 fully saturated rings. The number of rotatable bonds is 9. The summed E-state index contributed by atoms with van der Waals surface area (Å²) >= 11 is 0. The third kappa shape index (κ3) is 4.44. The first kappa shape index (κ1) is 17.9. The number of nitrogens with one attached hydrogen (secondary N) is 1. The lowest BCUT2D eigenvalue weighted by Gasteiger charge is -2.44. The van der Waals surface area contributed by atoms with Gasteiger partial charge in [0.15, 0.2) is 0 Å². The van der Waals surface area contributed by atoms with Crippen molar-refractivity contribution in [2.75, 3.05) is 27.7 Å². The summed E-state index contributed by atoms with van der Waals surface area (Å²) in [5, 5.41) is 3.83. The van der Waals surface area contributed by atoms with Crippen LogP contribution in [-0.2, 0) is 4.74 Å². The zero-order valence-corrected chi connectivity index (χ0v) is 14.6. The van der Waals surface area contributed by atoms with Crippen molar-refractivity contribution in [2.24, 2.45) is 0 Å². The third-order valence-electron chi connectivity index (χ3n) is 5.24. The molecule has 3 heteroatoms. The highest BCUT2D eigenvalue weighted by Gasteiger charge is 2.43. The lowest BCUT2D eigenvalue weighted by Crippen LogP contribution is -2.58. The van der Waals surface area contributed by atoms with Gasteiger partial charge in [0.25, 0.3) is 0 Å². The van der Waals surface area contributed by atoms with Crippen LogP contribution in [0.25, 0.3) is 0 Å². The van der Waals surface area contributed by atoms with Gasteiger partial charge in [-0.1, -0.05) is 19.8 Å². The second kappa shape index (κ2) is 7.77. The number of likely N-dealkylation sites (N-methyl/N-ethyl adjacent to an activating group) is 1. The Morgan fingerprint density at radius 3 is 2.30 bits per heavy atom. The molecule has 0 aromatic carbocycles. The molecule has 1 N–H and O–H groups in total. The van der Waals surface area contributed by atoms with Crippen LogP contribution in [-0.4, -0.2) is 49.8 Å². The largest absolute Gasteiger partial charge is 0.379 e. The molecule has 1 saturated carbocycles. The zero-order chi connectivity index (χ0) is 15.2. The lowest BCUT2D eigenvalue weighted by molar-refractivity contribution is 0.00379. The molecular weight excluding hydrogens is 248 g/mol. The number of ether oxygens (including phenoxy) is 1. The molecule has 1 aliphatic rings. The van der Waals surface area contributed by atoms with Crippen molar-refractivity contribution in [1.29, 1.82) is 0 Å². The number of hydrogen-bond acceptors (Lipinski definition) is 3. The third-order valence-corrected chi connectivity index (χ3v) is 5.24. The average molecular weight is 284 g/mol. The molecule has 0 spiro atoms. The number of hydrogen-bond donors (Lipinski definition) is 1. The second-order valence-electron chi connectivity index (χ2n) is 7.21. The molecule has 0 amide bonds. The van der Waals surface area contributed by atoms with Gasteiger partial charge in [0, 0.05) is 18.7 Å². The summed E-state index contributed by atoms with van der Waals surface area (Å²) in [6.07, 6.45) is 8.91. The molecule has 3 nitrogen and oxygen atoms in total. The van der Waals surface area contributed by atoms with Crippen molar-refractivity contribution in [3.05, 3.63) is 0 Å². The van der Waals surface area contributed by atoms with E-state index < -0.39 is 0 Å². The zero-order valence-electron chi connectivity index (χ0n) is 14.6. The first-order chi connectivity index (χ1) is 9.38. The van der Waals surface area contributed by atoms with Crippen molar-refractivity contribution in [2.45, 2.75) is 82.9 Å². The van der Waals surface area contributed by atoms with E-state index in [-0.39, 0.29) is 5.60 Å². The van der Waals surface area contributed by atoms with Crippen LogP contribution in [0.1, 0.15) is 65.7 Å². The highest BCUT2D eigenvalue weighted by molar-refractivity contribution is 5.02. The Kier molecular flexibility index (Phi) is 6.96. The monoisotopic (exact) mass is 284 g/mol. The van der Waals surface area contributed by atoms with Gasteiger partial charge in [-0.05, 0) is 66.6 Å². The molecule has 1 rings (SSSR count). The Hall–Kier alpha value is -0.120. The summed E-state index contributed by atoms with van der Waals surface area (Å²) < 4.78 is 5.61. The normalized spacial score (nSPS) is 20.6. The minimum atomic E-state index is -0.0156. The second-order valence-corrected chi connectivity index (χ2v) is 7.21. The summed E-state index contributed by atoms with van der Waals surface area (Å²) in [6, 6.07) is 0.578.